The number of halogens is 2. The number of nitrogens with two attached hydrogens (primary N) is 1. The van der Waals surface area contributed by atoms with Gasteiger partial charge in [-0.25, -0.2) is 0 Å². The standard InChI is InChI=1S/C15H21BrN2O.ClH/c16-13-7-6-12-8-10-18(14(12)11-13)15(19)5-3-1-2-4-9-17;/h6-7,11H,1-5,8-10,17H2;1H. The van der Waals surface area contributed by atoms with Crippen LogP contribution in [0.25, 0.3) is 0 Å². The molecule has 2 N–H and O–H groups in total. The molecule has 1 aliphatic heterocycles. The van der Waals surface area contributed by atoms with E-state index in [-0.39, 0.29) is 18.3 Å². The van der Waals surface area contributed by atoms with Gasteiger partial charge in [-0.05, 0) is 43.5 Å². The third-order valence-corrected chi connectivity index (χ3v) is 4.08. The van der Waals surface area contributed by atoms with Gasteiger partial charge in [-0.2, -0.15) is 0 Å². The summed E-state index contributed by atoms with van der Waals surface area (Å²) in [5.41, 5.74) is 7.82. The molecule has 0 atom stereocenters. The first-order valence-corrected chi connectivity index (χ1v) is 7.80. The van der Waals surface area contributed by atoms with Crippen LogP contribution >= 0.6 is 28.3 Å². The van der Waals surface area contributed by atoms with Crippen molar-refractivity contribution in [1.82, 2.24) is 0 Å². The number of hydrogen-bond acceptors (Lipinski definition) is 2. The van der Waals surface area contributed by atoms with Crippen molar-refractivity contribution in [3.05, 3.63) is 28.2 Å². The summed E-state index contributed by atoms with van der Waals surface area (Å²) in [5, 5.41) is 0. The monoisotopic (exact) mass is 360 g/mol. The Kier molecular flexibility index (Phi) is 7.56. The van der Waals surface area contributed by atoms with E-state index in [1.807, 2.05) is 11.0 Å². The number of nitrogens with zero attached hydrogens (tertiary/aromatic N) is 1. The third kappa shape index (κ3) is 4.47. The fourth-order valence-electron chi connectivity index (χ4n) is 2.52. The van der Waals surface area contributed by atoms with E-state index in [2.05, 4.69) is 28.1 Å². The van der Waals surface area contributed by atoms with E-state index in [9.17, 15) is 4.79 Å². The quantitative estimate of drug-likeness (QED) is 0.786. The molecule has 0 aliphatic carbocycles. The second-order valence-electron chi connectivity index (χ2n) is 5.02. The van der Waals surface area contributed by atoms with Crippen molar-refractivity contribution in [2.45, 2.75) is 38.5 Å². The molecule has 0 unspecified atom stereocenters. The van der Waals surface area contributed by atoms with Gasteiger partial charge in [0.25, 0.3) is 0 Å². The van der Waals surface area contributed by atoms with Gasteiger partial charge in [-0.1, -0.05) is 34.8 Å². The van der Waals surface area contributed by atoms with Crippen molar-refractivity contribution >= 4 is 39.9 Å². The molecule has 5 heteroatoms. The highest BCUT2D eigenvalue weighted by molar-refractivity contribution is 9.10. The second kappa shape index (κ2) is 8.65. The molecule has 2 rings (SSSR count). The molecule has 20 heavy (non-hydrogen) atoms. The van der Waals surface area contributed by atoms with E-state index in [0.29, 0.717) is 6.42 Å². The van der Waals surface area contributed by atoms with Crippen molar-refractivity contribution in [3.63, 3.8) is 0 Å². The number of benzene rings is 1. The zero-order chi connectivity index (χ0) is 13.7. The lowest BCUT2D eigenvalue weighted by Gasteiger charge is -2.17. The first kappa shape index (κ1) is 17.5. The SMILES string of the molecule is Cl.NCCCCCCC(=O)N1CCc2ccc(Br)cc21. The molecular formula is C15H22BrClN2O. The lowest BCUT2D eigenvalue weighted by atomic mass is 10.1. The molecule has 1 aromatic rings. The Bertz CT molecular complexity index is 453. The van der Waals surface area contributed by atoms with Crippen LogP contribution in [0.1, 0.15) is 37.7 Å². The lowest BCUT2D eigenvalue weighted by molar-refractivity contribution is -0.118. The van der Waals surface area contributed by atoms with E-state index in [0.717, 1.165) is 55.4 Å². The largest absolute Gasteiger partial charge is 0.330 e. The van der Waals surface area contributed by atoms with Gasteiger partial charge in [0.2, 0.25) is 5.91 Å². The maximum Gasteiger partial charge on any atom is 0.226 e. The fraction of sp³-hybridized carbons (Fsp3) is 0.533. The number of anilines is 1. The van der Waals surface area contributed by atoms with Gasteiger partial charge in [0.15, 0.2) is 0 Å². The molecule has 0 bridgehead atoms. The van der Waals surface area contributed by atoms with Crippen LogP contribution in [0.5, 0.6) is 0 Å². The molecule has 1 heterocycles. The predicted molar refractivity (Wildman–Crippen MR) is 89.6 cm³/mol. The van der Waals surface area contributed by atoms with Gasteiger partial charge in [-0.3, -0.25) is 4.79 Å². The zero-order valence-corrected chi connectivity index (χ0v) is 14.0. The predicted octanol–water partition coefficient (Wildman–Crippen LogP) is 3.67. The molecule has 0 radical (unpaired) electrons. The van der Waals surface area contributed by atoms with Crippen LogP contribution in [0.4, 0.5) is 5.69 Å². The molecule has 3 nitrogen and oxygen atoms in total. The first-order chi connectivity index (χ1) is 9.22. The minimum atomic E-state index is 0. The Hall–Kier alpha value is -0.580. The normalized spacial score (nSPS) is 13.0. The van der Waals surface area contributed by atoms with Gasteiger partial charge in [0.05, 0.1) is 0 Å². The summed E-state index contributed by atoms with van der Waals surface area (Å²) in [5.74, 6) is 0.254. The summed E-state index contributed by atoms with van der Waals surface area (Å²) >= 11 is 3.47. The minimum absolute atomic E-state index is 0. The van der Waals surface area contributed by atoms with Crippen LogP contribution in [-0.2, 0) is 11.2 Å². The molecule has 0 spiro atoms. The van der Waals surface area contributed by atoms with Crippen molar-refractivity contribution in [3.8, 4) is 0 Å². The topological polar surface area (TPSA) is 46.3 Å². The molecule has 0 fully saturated rings. The summed E-state index contributed by atoms with van der Waals surface area (Å²) in [6.07, 6.45) is 5.89. The number of carbonyl (C=O) groups is 1. The number of carbonyl (C=O) groups excluding carboxylic acids is 1. The Balaban J connectivity index is 0.00000200. The summed E-state index contributed by atoms with van der Waals surface area (Å²) in [6, 6.07) is 6.20. The van der Waals surface area contributed by atoms with Crippen molar-refractivity contribution in [1.29, 1.82) is 0 Å². The molecule has 1 aromatic carbocycles. The van der Waals surface area contributed by atoms with Crippen molar-refractivity contribution < 1.29 is 4.79 Å². The maximum absolute atomic E-state index is 12.2. The summed E-state index contributed by atoms with van der Waals surface area (Å²) in [4.78, 5) is 14.2. The molecule has 1 aliphatic rings. The second-order valence-corrected chi connectivity index (χ2v) is 5.94. The van der Waals surface area contributed by atoms with E-state index in [1.54, 1.807) is 0 Å². The Morgan fingerprint density at radius 3 is 2.75 bits per heavy atom. The highest BCUT2D eigenvalue weighted by atomic mass is 79.9. The summed E-state index contributed by atoms with van der Waals surface area (Å²) < 4.78 is 1.04. The Morgan fingerprint density at radius 2 is 2.00 bits per heavy atom. The van der Waals surface area contributed by atoms with Crippen LogP contribution in [-0.4, -0.2) is 19.0 Å². The van der Waals surface area contributed by atoms with Gasteiger partial charge < -0.3 is 10.6 Å². The molecule has 0 saturated carbocycles. The van der Waals surface area contributed by atoms with Crippen LogP contribution in [0.15, 0.2) is 22.7 Å². The van der Waals surface area contributed by atoms with Gasteiger partial charge in [-0.15, -0.1) is 12.4 Å². The zero-order valence-electron chi connectivity index (χ0n) is 11.6. The smallest absolute Gasteiger partial charge is 0.226 e. The van der Waals surface area contributed by atoms with Crippen LogP contribution in [0, 0.1) is 0 Å². The third-order valence-electron chi connectivity index (χ3n) is 3.59. The molecule has 112 valence electrons. The van der Waals surface area contributed by atoms with Gasteiger partial charge in [0.1, 0.15) is 0 Å². The van der Waals surface area contributed by atoms with Gasteiger partial charge in [0, 0.05) is 23.1 Å². The highest BCUT2D eigenvalue weighted by Gasteiger charge is 2.24. The highest BCUT2D eigenvalue weighted by Crippen LogP contribution is 2.31. The van der Waals surface area contributed by atoms with Crippen LogP contribution in [0.2, 0.25) is 0 Å². The molecule has 0 saturated heterocycles. The number of fused-ring (bicyclic) bond motifs is 1. The van der Waals surface area contributed by atoms with Crippen LogP contribution in [0.3, 0.4) is 0 Å². The minimum Gasteiger partial charge on any atom is -0.330 e. The molecular weight excluding hydrogens is 340 g/mol. The summed E-state index contributed by atoms with van der Waals surface area (Å²) in [6.45, 7) is 1.58. The average Bonchev–Trinajstić information content (AvgIpc) is 2.81. The number of unbranched alkanes of at least 4 members (excludes halogenated alkanes) is 3. The number of amides is 1. The van der Waals surface area contributed by atoms with E-state index < -0.39 is 0 Å². The van der Waals surface area contributed by atoms with E-state index in [4.69, 9.17) is 5.73 Å². The fourth-order valence-corrected chi connectivity index (χ4v) is 2.87. The van der Waals surface area contributed by atoms with Gasteiger partial charge >= 0.3 is 0 Å². The van der Waals surface area contributed by atoms with Crippen molar-refractivity contribution in [2.24, 2.45) is 5.73 Å². The summed E-state index contributed by atoms with van der Waals surface area (Å²) in [7, 11) is 0. The van der Waals surface area contributed by atoms with Crippen LogP contribution < -0.4 is 10.6 Å². The maximum atomic E-state index is 12.2. The molecule has 1 amide bonds. The van der Waals surface area contributed by atoms with Crippen molar-refractivity contribution in [2.75, 3.05) is 18.0 Å². The number of rotatable bonds is 6. The Morgan fingerprint density at radius 1 is 1.25 bits per heavy atom. The first-order valence-electron chi connectivity index (χ1n) is 7.01. The number of hydrogen-bond donors (Lipinski definition) is 1. The van der Waals surface area contributed by atoms with E-state index >= 15 is 0 Å². The molecule has 0 aromatic heterocycles. The lowest BCUT2D eigenvalue weighted by Crippen LogP contribution is -2.28. The van der Waals surface area contributed by atoms with E-state index in [1.165, 1.54) is 5.56 Å². The average molecular weight is 362 g/mol. The Labute approximate surface area is 135 Å².